The van der Waals surface area contributed by atoms with E-state index in [1.807, 2.05) is 6.07 Å². The summed E-state index contributed by atoms with van der Waals surface area (Å²) in [5, 5.41) is 14.5. The number of phenolic OH excluding ortho intramolecular Hbond substituents is 1. The molecule has 26 heavy (non-hydrogen) atoms. The molecule has 0 radical (unpaired) electrons. The van der Waals surface area contributed by atoms with E-state index in [4.69, 9.17) is 0 Å². The van der Waals surface area contributed by atoms with Crippen LogP contribution in [0.3, 0.4) is 0 Å². The van der Waals surface area contributed by atoms with Gasteiger partial charge in [0.05, 0.1) is 0 Å². The van der Waals surface area contributed by atoms with E-state index in [9.17, 15) is 5.11 Å². The minimum atomic E-state index is -0.0106. The van der Waals surface area contributed by atoms with Crippen molar-refractivity contribution < 1.29 is 5.11 Å². The Morgan fingerprint density at radius 1 is 1.00 bits per heavy atom. The van der Waals surface area contributed by atoms with Crippen molar-refractivity contribution in [3.05, 3.63) is 64.2 Å². The van der Waals surface area contributed by atoms with Gasteiger partial charge in [0.1, 0.15) is 5.75 Å². The van der Waals surface area contributed by atoms with E-state index in [0.29, 0.717) is 18.3 Å². The lowest BCUT2D eigenvalue weighted by Crippen LogP contribution is -2.24. The summed E-state index contributed by atoms with van der Waals surface area (Å²) in [6, 6.07) is 13.3. The summed E-state index contributed by atoms with van der Waals surface area (Å²) in [4.78, 5) is 0. The number of benzene rings is 2. The molecule has 0 spiro atoms. The van der Waals surface area contributed by atoms with E-state index in [2.05, 4.69) is 77.2 Å². The molecule has 0 amide bonds. The minimum Gasteiger partial charge on any atom is -0.508 e. The molecule has 0 heterocycles. The topological polar surface area (TPSA) is 32.3 Å². The first-order valence-corrected chi connectivity index (χ1v) is 9.75. The zero-order valence-electron chi connectivity index (χ0n) is 17.1. The van der Waals surface area contributed by atoms with E-state index in [1.165, 1.54) is 22.3 Å². The normalized spacial score (nSPS) is 17.4. The second-order valence-corrected chi connectivity index (χ2v) is 9.69. The van der Waals surface area contributed by atoms with Crippen LogP contribution in [0.2, 0.25) is 0 Å². The van der Waals surface area contributed by atoms with Crippen molar-refractivity contribution in [3.8, 4) is 5.75 Å². The quantitative estimate of drug-likeness (QED) is 0.736. The largest absolute Gasteiger partial charge is 0.508 e. The molecule has 140 valence electrons. The second kappa shape index (κ2) is 6.74. The van der Waals surface area contributed by atoms with Crippen molar-refractivity contribution >= 4 is 0 Å². The van der Waals surface area contributed by atoms with Gasteiger partial charge in [-0.1, -0.05) is 71.9 Å². The van der Waals surface area contributed by atoms with Crippen LogP contribution in [0.25, 0.3) is 0 Å². The molecule has 2 aromatic rings. The molecular formula is C24H33NO. The summed E-state index contributed by atoms with van der Waals surface area (Å²) in [5.41, 5.74) is 6.34. The fourth-order valence-electron chi connectivity index (χ4n) is 3.94. The van der Waals surface area contributed by atoms with Gasteiger partial charge in [-0.2, -0.15) is 0 Å². The van der Waals surface area contributed by atoms with Crippen molar-refractivity contribution in [1.82, 2.24) is 5.32 Å². The van der Waals surface area contributed by atoms with E-state index in [1.54, 1.807) is 0 Å². The van der Waals surface area contributed by atoms with Gasteiger partial charge in [-0.25, -0.2) is 0 Å². The Morgan fingerprint density at radius 2 is 1.69 bits per heavy atom. The number of nitrogens with one attached hydrogen (secondary N) is 1. The van der Waals surface area contributed by atoms with Crippen molar-refractivity contribution in [1.29, 1.82) is 0 Å². The molecule has 1 aliphatic carbocycles. The van der Waals surface area contributed by atoms with Crippen LogP contribution in [0.1, 0.15) is 81.8 Å². The number of hydrogen-bond donors (Lipinski definition) is 2. The highest BCUT2D eigenvalue weighted by atomic mass is 16.3. The van der Waals surface area contributed by atoms with Crippen LogP contribution in [0.5, 0.6) is 5.75 Å². The molecule has 2 aromatic carbocycles. The van der Waals surface area contributed by atoms with Gasteiger partial charge in [-0.15, -0.1) is 0 Å². The van der Waals surface area contributed by atoms with Gasteiger partial charge >= 0.3 is 0 Å². The monoisotopic (exact) mass is 351 g/mol. The Hall–Kier alpha value is -1.80. The lowest BCUT2D eigenvalue weighted by Gasteiger charge is -2.29. The van der Waals surface area contributed by atoms with Crippen LogP contribution in [0.15, 0.2) is 36.4 Å². The standard InChI is InChI=1S/C24H33NO/c1-23(2,3)17-13-20(24(4,5)6)19(22(26)14-17)15-25-21-12-11-16-9-7-8-10-18(16)21/h7-10,13-14,21,25-26H,11-12,15H2,1-6H3/t21-/m1/s1. The highest BCUT2D eigenvalue weighted by Gasteiger charge is 2.26. The molecule has 0 bridgehead atoms. The number of fused-ring (bicyclic) bond motifs is 1. The maximum Gasteiger partial charge on any atom is 0.120 e. The highest BCUT2D eigenvalue weighted by molar-refractivity contribution is 5.48. The van der Waals surface area contributed by atoms with Crippen LogP contribution in [0.4, 0.5) is 0 Å². The third-order valence-electron chi connectivity index (χ3n) is 5.56. The first kappa shape index (κ1) is 19.0. The molecule has 2 heteroatoms. The van der Waals surface area contributed by atoms with Gasteiger partial charge in [-0.05, 0) is 52.0 Å². The molecule has 0 aromatic heterocycles. The van der Waals surface area contributed by atoms with E-state index in [-0.39, 0.29) is 10.8 Å². The number of rotatable bonds is 3. The number of phenols is 1. The predicted molar refractivity (Wildman–Crippen MR) is 110 cm³/mol. The molecule has 3 rings (SSSR count). The molecule has 2 N–H and O–H groups in total. The highest BCUT2D eigenvalue weighted by Crippen LogP contribution is 2.37. The molecule has 0 saturated heterocycles. The molecule has 0 fully saturated rings. The first-order chi connectivity index (χ1) is 12.1. The fourth-order valence-corrected chi connectivity index (χ4v) is 3.94. The van der Waals surface area contributed by atoms with Gasteiger partial charge < -0.3 is 10.4 Å². The molecular weight excluding hydrogens is 318 g/mol. The molecule has 1 aliphatic rings. The SMILES string of the molecule is CC(C)(C)c1cc(O)c(CN[C@@H]2CCc3ccccc32)c(C(C)(C)C)c1. The minimum absolute atomic E-state index is 0.0106. The molecule has 0 saturated carbocycles. The van der Waals surface area contributed by atoms with Gasteiger partial charge in [0.15, 0.2) is 0 Å². The van der Waals surface area contributed by atoms with E-state index >= 15 is 0 Å². The Labute approximate surface area is 158 Å². The molecule has 0 unspecified atom stereocenters. The smallest absolute Gasteiger partial charge is 0.120 e. The predicted octanol–water partition coefficient (Wildman–Crippen LogP) is 5.76. The number of hydrogen-bond acceptors (Lipinski definition) is 2. The molecule has 1 atom stereocenters. The maximum atomic E-state index is 10.8. The van der Waals surface area contributed by atoms with Crippen molar-refractivity contribution in [3.63, 3.8) is 0 Å². The van der Waals surface area contributed by atoms with Gasteiger partial charge in [0, 0.05) is 18.2 Å². The third kappa shape index (κ3) is 3.81. The van der Waals surface area contributed by atoms with Crippen LogP contribution in [-0.2, 0) is 23.8 Å². The fraction of sp³-hybridized carbons (Fsp3) is 0.500. The molecule has 0 aliphatic heterocycles. The number of aromatic hydroxyl groups is 1. The van der Waals surface area contributed by atoms with Crippen LogP contribution in [-0.4, -0.2) is 5.11 Å². The summed E-state index contributed by atoms with van der Waals surface area (Å²) in [6.45, 7) is 14.0. The Bertz CT molecular complexity index is 793. The summed E-state index contributed by atoms with van der Waals surface area (Å²) in [5.74, 6) is 0.418. The average Bonchev–Trinajstić information content (AvgIpc) is 2.94. The van der Waals surface area contributed by atoms with Crippen molar-refractivity contribution in [2.45, 2.75) is 77.8 Å². The Balaban J connectivity index is 1.90. The van der Waals surface area contributed by atoms with Gasteiger partial charge in [0.2, 0.25) is 0 Å². The maximum absolute atomic E-state index is 10.8. The third-order valence-corrected chi connectivity index (χ3v) is 5.56. The summed E-state index contributed by atoms with van der Waals surface area (Å²) in [6.07, 6.45) is 2.26. The summed E-state index contributed by atoms with van der Waals surface area (Å²) >= 11 is 0. The van der Waals surface area contributed by atoms with Gasteiger partial charge in [-0.3, -0.25) is 0 Å². The Kier molecular flexibility index (Phi) is 4.92. The average molecular weight is 352 g/mol. The zero-order chi connectivity index (χ0) is 19.1. The molecule has 2 nitrogen and oxygen atoms in total. The van der Waals surface area contributed by atoms with Crippen molar-refractivity contribution in [2.75, 3.05) is 0 Å². The lowest BCUT2D eigenvalue weighted by molar-refractivity contribution is 0.444. The number of aryl methyl sites for hydroxylation is 1. The van der Waals surface area contributed by atoms with Crippen LogP contribution in [0, 0.1) is 0 Å². The van der Waals surface area contributed by atoms with E-state index < -0.39 is 0 Å². The van der Waals surface area contributed by atoms with Crippen LogP contribution >= 0.6 is 0 Å². The summed E-state index contributed by atoms with van der Waals surface area (Å²) in [7, 11) is 0. The van der Waals surface area contributed by atoms with Crippen LogP contribution < -0.4 is 5.32 Å². The Morgan fingerprint density at radius 3 is 2.35 bits per heavy atom. The summed E-state index contributed by atoms with van der Waals surface area (Å²) < 4.78 is 0. The van der Waals surface area contributed by atoms with E-state index in [0.717, 1.165) is 18.4 Å². The second-order valence-electron chi connectivity index (χ2n) is 9.69. The zero-order valence-corrected chi connectivity index (χ0v) is 17.1. The van der Waals surface area contributed by atoms with Crippen molar-refractivity contribution in [2.24, 2.45) is 0 Å². The lowest BCUT2D eigenvalue weighted by atomic mass is 9.78. The van der Waals surface area contributed by atoms with Gasteiger partial charge in [0.25, 0.3) is 0 Å². The first-order valence-electron chi connectivity index (χ1n) is 9.75.